The van der Waals surface area contributed by atoms with E-state index in [-0.39, 0.29) is 27.5 Å². The summed E-state index contributed by atoms with van der Waals surface area (Å²) in [7, 11) is 0. The summed E-state index contributed by atoms with van der Waals surface area (Å²) in [6.07, 6.45) is 0. The third-order valence-electron chi connectivity index (χ3n) is 10.6. The Morgan fingerprint density at radius 2 is 0.806 bits per heavy atom. The minimum atomic E-state index is -0.825. The van der Waals surface area contributed by atoms with Gasteiger partial charge in [0.05, 0.1) is 49.5 Å². The van der Waals surface area contributed by atoms with Gasteiger partial charge in [-0.05, 0) is 74.7 Å². The van der Waals surface area contributed by atoms with Crippen LogP contribution in [-0.2, 0) is 0 Å². The SMILES string of the molecule is [2H]c1c([2H])c([2H])c(-c2c([2H])c([2H])c3c4c([2H])c([2H])c([2H])c([2H])c4n(-c4nc(-c5cccc(-c6ccccc6-c6ccc(-c7ccccc7)cc6)c5)nc(-n5c6c([2H])c([2H])c([2H])c([2H])c6c6c([2H])c([2H])c([2H])c([2H])c65)n4)c3c2[2H])c([2H])c1[2H]. The predicted octanol–water partition coefficient (Wildman–Crippen LogP) is 14.4. The normalized spacial score (nSPS) is 16.1. The summed E-state index contributed by atoms with van der Waals surface area (Å²) in [5, 5.41) is -1.44. The zero-order chi connectivity index (χ0) is 58.4. The molecule has 12 rings (SSSR count). The minimum Gasteiger partial charge on any atom is -0.278 e. The van der Waals surface area contributed by atoms with Crippen LogP contribution in [0.25, 0.3) is 111 Å². The molecule has 0 amide bonds. The molecule has 0 saturated heterocycles. The molecule has 0 aliphatic rings. The van der Waals surface area contributed by atoms with Crippen molar-refractivity contribution >= 4 is 43.6 Å². The van der Waals surface area contributed by atoms with Crippen LogP contribution in [0.5, 0.6) is 0 Å². The van der Waals surface area contributed by atoms with Crippen LogP contribution in [0.4, 0.5) is 0 Å². The number of rotatable bonds is 7. The van der Waals surface area contributed by atoms with Crippen molar-refractivity contribution in [3.8, 4) is 67.8 Å². The lowest BCUT2D eigenvalue weighted by Gasteiger charge is -2.14. The molecule has 0 aliphatic heterocycles. The van der Waals surface area contributed by atoms with Gasteiger partial charge < -0.3 is 0 Å². The monoisotopic (exact) mass is 811 g/mol. The summed E-state index contributed by atoms with van der Waals surface area (Å²) < 4.78 is 182. The van der Waals surface area contributed by atoms with E-state index in [1.165, 1.54) is 0 Å². The Bertz CT molecular complexity index is 4700. The van der Waals surface area contributed by atoms with Gasteiger partial charge in [0, 0.05) is 27.1 Å². The molecule has 3 aromatic heterocycles. The summed E-state index contributed by atoms with van der Waals surface area (Å²) in [4.78, 5) is 14.7. The van der Waals surface area contributed by atoms with E-state index < -0.39 is 171 Å². The molecule has 3 heterocycles. The highest BCUT2D eigenvalue weighted by atomic mass is 15.3. The van der Waals surface area contributed by atoms with Crippen LogP contribution >= 0.6 is 0 Å². The molecule has 0 atom stereocenters. The number of hydrogen-bond donors (Lipinski definition) is 0. The van der Waals surface area contributed by atoms with Gasteiger partial charge in [-0.25, -0.2) is 0 Å². The smallest absolute Gasteiger partial charge is 0.240 e. The maximum Gasteiger partial charge on any atom is 0.240 e. The Balaban J connectivity index is 1.23. The molecule has 0 radical (unpaired) electrons. The van der Waals surface area contributed by atoms with E-state index in [1.807, 2.05) is 84.9 Å². The summed E-state index contributed by atoms with van der Waals surface area (Å²) in [5.41, 5.74) is 2.38. The van der Waals surface area contributed by atoms with E-state index >= 15 is 0 Å². The lowest BCUT2D eigenvalue weighted by Crippen LogP contribution is -2.10. The van der Waals surface area contributed by atoms with Crippen LogP contribution in [0.3, 0.4) is 0 Å². The highest BCUT2D eigenvalue weighted by molar-refractivity contribution is 6.11. The van der Waals surface area contributed by atoms with E-state index in [2.05, 4.69) is 0 Å². The Labute approximate surface area is 386 Å². The fraction of sp³-hybridized carbons (Fsp3) is 0. The van der Waals surface area contributed by atoms with Gasteiger partial charge >= 0.3 is 0 Å². The van der Waals surface area contributed by atoms with Crippen molar-refractivity contribution < 1.29 is 27.4 Å². The largest absolute Gasteiger partial charge is 0.278 e. The molecule has 9 aromatic carbocycles. The van der Waals surface area contributed by atoms with Crippen molar-refractivity contribution in [2.45, 2.75) is 0 Å². The standard InChI is InChI=1S/C57H37N5/c1-3-16-38(17-4-1)40-30-32-41(33-31-40)45-22-7-8-23-46(45)43-20-15-21-44(36-43)55-58-56(61-51-27-12-9-24-47(51)48-25-10-13-28-52(48)61)60-57(59-55)62-53-29-14-11-26-49(53)50-35-34-42(37-54(50)62)39-18-5-2-6-19-39/h1-37H/i2D,5D,6D,9D,10D,11D,12D,13D,14D,18D,19D,24D,25D,26D,27D,28D,29D,34D,35D,37D. The average molecular weight is 812 g/mol. The number of hydrogen-bond acceptors (Lipinski definition) is 3. The Hall–Kier alpha value is -8.41. The lowest BCUT2D eigenvalue weighted by molar-refractivity contribution is 0.893. The van der Waals surface area contributed by atoms with Crippen molar-refractivity contribution in [1.82, 2.24) is 24.1 Å². The first kappa shape index (κ1) is 20.7. The van der Waals surface area contributed by atoms with Gasteiger partial charge in [0.2, 0.25) is 11.9 Å². The third-order valence-corrected chi connectivity index (χ3v) is 10.6. The molecular weight excluding hydrogens is 755 g/mol. The molecule has 0 N–H and O–H groups in total. The van der Waals surface area contributed by atoms with Crippen LogP contribution < -0.4 is 0 Å². The molecule has 62 heavy (non-hydrogen) atoms. The van der Waals surface area contributed by atoms with E-state index in [0.717, 1.165) is 37.0 Å². The number of para-hydroxylation sites is 3. The molecule has 290 valence electrons. The highest BCUT2D eigenvalue weighted by Crippen LogP contribution is 2.38. The van der Waals surface area contributed by atoms with E-state index in [0.29, 0.717) is 5.56 Å². The number of aromatic nitrogens is 5. The summed E-state index contributed by atoms with van der Waals surface area (Å²) >= 11 is 0. The first-order chi connectivity index (χ1) is 39.1. The molecular formula is C57H37N5. The molecule has 5 nitrogen and oxygen atoms in total. The first-order valence-corrected chi connectivity index (χ1v) is 19.3. The van der Waals surface area contributed by atoms with Gasteiger partial charge in [-0.15, -0.1) is 0 Å². The van der Waals surface area contributed by atoms with Crippen LogP contribution in [0, 0.1) is 0 Å². The fourth-order valence-electron chi connectivity index (χ4n) is 7.80. The summed E-state index contributed by atoms with van der Waals surface area (Å²) in [5.74, 6) is -1.39. The number of fused-ring (bicyclic) bond motifs is 6. The van der Waals surface area contributed by atoms with Gasteiger partial charge in [-0.2, -0.15) is 15.0 Å². The van der Waals surface area contributed by atoms with Crippen molar-refractivity contribution in [2.24, 2.45) is 0 Å². The molecule has 0 aliphatic carbocycles. The van der Waals surface area contributed by atoms with Crippen LogP contribution in [0.2, 0.25) is 0 Å². The zero-order valence-electron chi connectivity index (χ0n) is 52.1. The number of nitrogens with zero attached hydrogens (tertiary/aromatic N) is 5. The van der Waals surface area contributed by atoms with Crippen molar-refractivity contribution in [1.29, 1.82) is 0 Å². The Morgan fingerprint density at radius 3 is 1.45 bits per heavy atom. The van der Waals surface area contributed by atoms with E-state index in [9.17, 15) is 9.60 Å². The lowest BCUT2D eigenvalue weighted by atomic mass is 9.92. The van der Waals surface area contributed by atoms with Gasteiger partial charge in [-0.3, -0.25) is 9.13 Å². The van der Waals surface area contributed by atoms with Gasteiger partial charge in [0.25, 0.3) is 0 Å². The predicted molar refractivity (Wildman–Crippen MR) is 256 cm³/mol. The summed E-state index contributed by atoms with van der Waals surface area (Å²) in [6, 6.07) is 17.3. The maximum atomic E-state index is 9.94. The van der Waals surface area contributed by atoms with Crippen LogP contribution in [0.1, 0.15) is 27.4 Å². The quantitative estimate of drug-likeness (QED) is 0.161. The first-order valence-electron chi connectivity index (χ1n) is 29.3. The third kappa shape index (κ3) is 5.98. The Morgan fingerprint density at radius 1 is 0.323 bits per heavy atom. The van der Waals surface area contributed by atoms with E-state index in [1.54, 1.807) is 18.2 Å². The van der Waals surface area contributed by atoms with Crippen LogP contribution in [-0.4, -0.2) is 24.1 Å². The molecule has 0 saturated carbocycles. The van der Waals surface area contributed by atoms with Crippen molar-refractivity contribution in [2.75, 3.05) is 0 Å². The zero-order valence-corrected chi connectivity index (χ0v) is 32.1. The highest BCUT2D eigenvalue weighted by Gasteiger charge is 2.21. The second-order valence-electron chi connectivity index (χ2n) is 14.1. The molecule has 12 aromatic rings. The van der Waals surface area contributed by atoms with Crippen LogP contribution in [0.15, 0.2) is 224 Å². The van der Waals surface area contributed by atoms with Crippen molar-refractivity contribution in [3.05, 3.63) is 224 Å². The molecule has 0 spiro atoms. The summed E-state index contributed by atoms with van der Waals surface area (Å²) in [6.45, 7) is 0. The molecule has 0 bridgehead atoms. The molecule has 0 unspecified atom stereocenters. The van der Waals surface area contributed by atoms with E-state index in [4.69, 9.17) is 32.8 Å². The van der Waals surface area contributed by atoms with Gasteiger partial charge in [0.1, 0.15) is 0 Å². The second kappa shape index (κ2) is 14.7. The van der Waals surface area contributed by atoms with Gasteiger partial charge in [0.15, 0.2) is 5.82 Å². The maximum absolute atomic E-state index is 9.94. The Kier molecular flexibility index (Phi) is 4.91. The minimum absolute atomic E-state index is 0.236. The topological polar surface area (TPSA) is 48.5 Å². The molecule has 5 heteroatoms. The number of benzene rings is 9. The molecule has 0 fully saturated rings. The van der Waals surface area contributed by atoms with Gasteiger partial charge in [-0.1, -0.05) is 194 Å². The van der Waals surface area contributed by atoms with Crippen molar-refractivity contribution in [3.63, 3.8) is 0 Å². The fourth-order valence-corrected chi connectivity index (χ4v) is 7.80. The average Bonchev–Trinajstić information content (AvgIpc) is 1.88. The second-order valence-corrected chi connectivity index (χ2v) is 14.1.